The van der Waals surface area contributed by atoms with Gasteiger partial charge in [-0.05, 0) is 24.6 Å². The molecule has 1 unspecified atom stereocenters. The van der Waals surface area contributed by atoms with Gasteiger partial charge in [-0.3, -0.25) is 18.8 Å². The summed E-state index contributed by atoms with van der Waals surface area (Å²) < 4.78 is 41.0. The van der Waals surface area contributed by atoms with Crippen LogP contribution < -0.4 is 10.9 Å². The highest BCUT2D eigenvalue weighted by atomic mass is 19.4. The van der Waals surface area contributed by atoms with E-state index in [-0.39, 0.29) is 11.9 Å². The Labute approximate surface area is 151 Å². The van der Waals surface area contributed by atoms with Crippen LogP contribution in [0.15, 0.2) is 41.6 Å². The second-order valence-electron chi connectivity index (χ2n) is 6.10. The third kappa shape index (κ3) is 3.83. The fourth-order valence-electron chi connectivity index (χ4n) is 2.69. The molecule has 10 heteroatoms. The Morgan fingerprint density at radius 2 is 2.07 bits per heavy atom. The number of rotatable bonds is 4. The zero-order valence-electron chi connectivity index (χ0n) is 14.5. The van der Waals surface area contributed by atoms with Gasteiger partial charge >= 0.3 is 6.18 Å². The molecule has 7 nitrogen and oxygen atoms in total. The van der Waals surface area contributed by atoms with E-state index in [1.54, 1.807) is 14.0 Å². The Kier molecular flexibility index (Phi) is 4.73. The molecule has 0 bridgehead atoms. The molecule has 2 heterocycles. The molecule has 0 aliphatic rings. The van der Waals surface area contributed by atoms with E-state index in [1.165, 1.54) is 29.3 Å². The van der Waals surface area contributed by atoms with Crippen molar-refractivity contribution in [3.63, 3.8) is 0 Å². The lowest BCUT2D eigenvalue weighted by molar-refractivity contribution is -0.137. The van der Waals surface area contributed by atoms with Crippen molar-refractivity contribution in [1.29, 1.82) is 0 Å². The van der Waals surface area contributed by atoms with Crippen LogP contribution in [-0.2, 0) is 24.6 Å². The molecule has 0 spiro atoms. The minimum Gasteiger partial charge on any atom is -0.348 e. The summed E-state index contributed by atoms with van der Waals surface area (Å²) >= 11 is 0. The van der Waals surface area contributed by atoms with Crippen molar-refractivity contribution in [3.05, 3.63) is 58.3 Å². The van der Waals surface area contributed by atoms with Crippen molar-refractivity contribution < 1.29 is 18.0 Å². The summed E-state index contributed by atoms with van der Waals surface area (Å²) in [5, 5.41) is 6.81. The smallest absolute Gasteiger partial charge is 0.348 e. The summed E-state index contributed by atoms with van der Waals surface area (Å²) in [4.78, 5) is 28.7. The second kappa shape index (κ2) is 6.86. The number of halogens is 3. The lowest BCUT2D eigenvalue weighted by Crippen LogP contribution is -2.34. The number of nitrogens with one attached hydrogen (secondary N) is 1. The number of hydrogen-bond acceptors (Lipinski definition) is 4. The van der Waals surface area contributed by atoms with Gasteiger partial charge in [0.2, 0.25) is 5.91 Å². The third-order valence-corrected chi connectivity index (χ3v) is 4.12. The first-order valence-electron chi connectivity index (χ1n) is 8.00. The number of alkyl halides is 3. The van der Waals surface area contributed by atoms with Crippen LogP contribution in [0, 0.1) is 0 Å². The van der Waals surface area contributed by atoms with Crippen LogP contribution in [0.1, 0.15) is 24.1 Å². The maximum Gasteiger partial charge on any atom is 0.416 e. The molecule has 0 aliphatic heterocycles. The lowest BCUT2D eigenvalue weighted by Gasteiger charge is -2.16. The maximum absolute atomic E-state index is 12.8. The Morgan fingerprint density at radius 1 is 1.33 bits per heavy atom. The van der Waals surface area contributed by atoms with Gasteiger partial charge in [0.25, 0.3) is 5.56 Å². The van der Waals surface area contributed by atoms with Gasteiger partial charge in [-0.25, -0.2) is 4.98 Å². The van der Waals surface area contributed by atoms with E-state index < -0.39 is 29.2 Å². The van der Waals surface area contributed by atoms with Gasteiger partial charge in [0.1, 0.15) is 18.3 Å². The topological polar surface area (TPSA) is 81.8 Å². The normalized spacial score (nSPS) is 12.9. The first-order chi connectivity index (χ1) is 12.7. The highest BCUT2D eigenvalue weighted by Gasteiger charge is 2.30. The zero-order chi connectivity index (χ0) is 19.8. The van der Waals surface area contributed by atoms with Gasteiger partial charge in [-0.2, -0.15) is 18.3 Å². The van der Waals surface area contributed by atoms with Gasteiger partial charge in [0.15, 0.2) is 5.65 Å². The van der Waals surface area contributed by atoms with Gasteiger partial charge in [0, 0.05) is 7.05 Å². The van der Waals surface area contributed by atoms with Crippen LogP contribution in [0.25, 0.3) is 11.0 Å². The summed E-state index contributed by atoms with van der Waals surface area (Å²) in [7, 11) is 1.64. The van der Waals surface area contributed by atoms with Crippen LogP contribution >= 0.6 is 0 Å². The monoisotopic (exact) mass is 379 g/mol. The van der Waals surface area contributed by atoms with Gasteiger partial charge in [0.05, 0.1) is 17.8 Å². The van der Waals surface area contributed by atoms with Crippen LogP contribution in [0.3, 0.4) is 0 Å². The molecule has 3 aromatic rings. The number of hydrogen-bond donors (Lipinski definition) is 1. The standard InChI is InChI=1S/C17H16F3N5O2/c1-10(11-4-3-5-12(6-11)17(18,19)20)23-14(26)8-25-9-21-15-13(16(25)27)7-22-24(15)2/h3-7,9-10H,8H2,1-2H3,(H,23,26). The van der Waals surface area contributed by atoms with E-state index >= 15 is 0 Å². The first kappa shape index (κ1) is 18.6. The van der Waals surface area contributed by atoms with Crippen molar-refractivity contribution in [1.82, 2.24) is 24.6 Å². The molecule has 0 radical (unpaired) electrons. The number of nitrogens with zero attached hydrogens (tertiary/aromatic N) is 4. The SMILES string of the molecule is CC(NC(=O)Cn1cnc2c(cnn2C)c1=O)c1cccc(C(F)(F)F)c1. The fraction of sp³-hybridized carbons (Fsp3) is 0.294. The number of fused-ring (bicyclic) bond motifs is 1. The maximum atomic E-state index is 12.8. The van der Waals surface area contributed by atoms with Gasteiger partial charge < -0.3 is 5.32 Å². The molecule has 1 aromatic carbocycles. The summed E-state index contributed by atoms with van der Waals surface area (Å²) in [6.45, 7) is 1.26. The zero-order valence-corrected chi connectivity index (χ0v) is 14.5. The molecule has 0 aliphatic carbocycles. The molecule has 1 N–H and O–H groups in total. The molecular formula is C17H16F3N5O2. The Hall–Kier alpha value is -3.17. The number of amides is 1. The van der Waals surface area contributed by atoms with Crippen molar-refractivity contribution in [2.24, 2.45) is 7.05 Å². The summed E-state index contributed by atoms with van der Waals surface area (Å²) in [5.41, 5.74) is -0.501. The van der Waals surface area contributed by atoms with Crippen LogP contribution in [0.4, 0.5) is 13.2 Å². The van der Waals surface area contributed by atoms with E-state index in [0.29, 0.717) is 11.2 Å². The average Bonchev–Trinajstić information content (AvgIpc) is 2.98. The molecule has 0 fully saturated rings. The molecule has 0 saturated carbocycles. The van der Waals surface area contributed by atoms with Crippen LogP contribution in [-0.4, -0.2) is 25.2 Å². The second-order valence-corrected chi connectivity index (χ2v) is 6.10. The predicted octanol–water partition coefficient (Wildman–Crippen LogP) is 2.03. The predicted molar refractivity (Wildman–Crippen MR) is 90.8 cm³/mol. The summed E-state index contributed by atoms with van der Waals surface area (Å²) in [6.07, 6.45) is -1.86. The molecule has 2 aromatic heterocycles. The molecule has 1 atom stereocenters. The summed E-state index contributed by atoms with van der Waals surface area (Å²) in [6, 6.07) is 4.07. The highest BCUT2D eigenvalue weighted by Crippen LogP contribution is 2.30. The third-order valence-electron chi connectivity index (χ3n) is 4.12. The number of aryl methyl sites for hydroxylation is 1. The van der Waals surface area contributed by atoms with Crippen molar-refractivity contribution >= 4 is 16.9 Å². The van der Waals surface area contributed by atoms with E-state index in [9.17, 15) is 22.8 Å². The number of carbonyl (C=O) groups excluding carboxylic acids is 1. The van der Waals surface area contributed by atoms with E-state index in [4.69, 9.17) is 0 Å². The number of aromatic nitrogens is 4. The Bertz CT molecular complexity index is 1050. The molecule has 27 heavy (non-hydrogen) atoms. The average molecular weight is 379 g/mol. The van der Waals surface area contributed by atoms with E-state index in [2.05, 4.69) is 15.4 Å². The minimum absolute atomic E-state index is 0.277. The van der Waals surface area contributed by atoms with E-state index in [1.807, 2.05) is 0 Å². The van der Waals surface area contributed by atoms with Crippen molar-refractivity contribution in [2.75, 3.05) is 0 Å². The van der Waals surface area contributed by atoms with Gasteiger partial charge in [-0.1, -0.05) is 12.1 Å². The van der Waals surface area contributed by atoms with Crippen LogP contribution in [0.5, 0.6) is 0 Å². The molecule has 0 saturated heterocycles. The fourth-order valence-corrected chi connectivity index (χ4v) is 2.69. The highest BCUT2D eigenvalue weighted by molar-refractivity contribution is 5.77. The Morgan fingerprint density at radius 3 is 2.78 bits per heavy atom. The quantitative estimate of drug-likeness (QED) is 0.752. The van der Waals surface area contributed by atoms with Gasteiger partial charge in [-0.15, -0.1) is 0 Å². The molecule has 1 amide bonds. The summed E-state index contributed by atoms with van der Waals surface area (Å²) in [5.74, 6) is -0.521. The molecule has 3 rings (SSSR count). The minimum atomic E-state index is -4.46. The lowest BCUT2D eigenvalue weighted by atomic mass is 10.0. The van der Waals surface area contributed by atoms with Crippen molar-refractivity contribution in [2.45, 2.75) is 25.7 Å². The van der Waals surface area contributed by atoms with E-state index in [0.717, 1.165) is 16.7 Å². The van der Waals surface area contributed by atoms with Crippen LogP contribution in [0.2, 0.25) is 0 Å². The first-order valence-corrected chi connectivity index (χ1v) is 8.00. The number of carbonyl (C=O) groups is 1. The van der Waals surface area contributed by atoms with Crippen molar-refractivity contribution in [3.8, 4) is 0 Å². The Balaban J connectivity index is 1.74. The molecule has 142 valence electrons. The largest absolute Gasteiger partial charge is 0.416 e. The molecular weight excluding hydrogens is 363 g/mol. The number of benzene rings is 1.